The van der Waals surface area contributed by atoms with Crippen LogP contribution in [-0.4, -0.2) is 34.1 Å². The van der Waals surface area contributed by atoms with E-state index in [-0.39, 0.29) is 0 Å². The molecule has 1 aromatic rings. The molecule has 0 bridgehead atoms. The van der Waals surface area contributed by atoms with Gasteiger partial charge in [0.25, 0.3) is 0 Å². The average Bonchev–Trinajstić information content (AvgIpc) is 2.74. The summed E-state index contributed by atoms with van der Waals surface area (Å²) in [5.74, 6) is 0.842. The minimum atomic E-state index is -0.701. The third-order valence-electron chi connectivity index (χ3n) is 3.57. The number of hydrogen-bond donors (Lipinski definition) is 1. The molecule has 0 spiro atoms. The molecule has 0 radical (unpaired) electrons. The molecule has 1 saturated heterocycles. The smallest absolute Gasteiger partial charge is 0.311 e. The molecule has 5 nitrogen and oxygen atoms in total. The average molecular weight is 235 g/mol. The maximum absolute atomic E-state index is 11.3. The molecule has 0 aliphatic carbocycles. The van der Waals surface area contributed by atoms with Crippen molar-refractivity contribution in [1.82, 2.24) is 9.97 Å². The van der Waals surface area contributed by atoms with E-state index in [0.29, 0.717) is 25.2 Å². The van der Waals surface area contributed by atoms with Crippen LogP contribution in [0.3, 0.4) is 0 Å². The van der Waals surface area contributed by atoms with Crippen LogP contribution in [0.4, 0.5) is 5.82 Å². The van der Waals surface area contributed by atoms with E-state index < -0.39 is 11.4 Å². The molecule has 17 heavy (non-hydrogen) atoms. The number of carbonyl (C=O) groups is 1. The van der Waals surface area contributed by atoms with Gasteiger partial charge in [0.15, 0.2) is 0 Å². The SMILES string of the molecule is CCC1(C(=O)O)CCN(c2ccnc(C)n2)C1. The first-order valence-corrected chi connectivity index (χ1v) is 5.85. The largest absolute Gasteiger partial charge is 0.481 e. The molecule has 92 valence electrons. The number of carboxylic acid groups (broad SMARTS) is 1. The minimum Gasteiger partial charge on any atom is -0.481 e. The Morgan fingerprint density at radius 3 is 2.94 bits per heavy atom. The standard InChI is InChI=1S/C12H17N3O2/c1-3-12(11(16)17)5-7-15(8-12)10-4-6-13-9(2)14-10/h4,6H,3,5,7-8H2,1-2H3,(H,16,17). The van der Waals surface area contributed by atoms with Gasteiger partial charge in [0.05, 0.1) is 5.41 Å². The van der Waals surface area contributed by atoms with Crippen LogP contribution in [0.1, 0.15) is 25.6 Å². The second-order valence-electron chi connectivity index (χ2n) is 4.57. The number of aliphatic carboxylic acids is 1. The van der Waals surface area contributed by atoms with Crippen LogP contribution in [-0.2, 0) is 4.79 Å². The molecule has 0 aromatic carbocycles. The van der Waals surface area contributed by atoms with Crippen molar-refractivity contribution in [2.24, 2.45) is 5.41 Å². The van der Waals surface area contributed by atoms with E-state index in [1.54, 1.807) is 6.20 Å². The van der Waals surface area contributed by atoms with Crippen LogP contribution in [0, 0.1) is 12.3 Å². The van der Waals surface area contributed by atoms with Crippen LogP contribution in [0.5, 0.6) is 0 Å². The summed E-state index contributed by atoms with van der Waals surface area (Å²) < 4.78 is 0. The van der Waals surface area contributed by atoms with Gasteiger partial charge in [-0.15, -0.1) is 0 Å². The summed E-state index contributed by atoms with van der Waals surface area (Å²) in [6.45, 7) is 5.05. The molecule has 0 amide bonds. The molecule has 1 unspecified atom stereocenters. The van der Waals surface area contributed by atoms with Crippen LogP contribution in [0.2, 0.25) is 0 Å². The molecule has 1 fully saturated rings. The lowest BCUT2D eigenvalue weighted by atomic mass is 9.84. The highest BCUT2D eigenvalue weighted by atomic mass is 16.4. The van der Waals surface area contributed by atoms with Crippen molar-refractivity contribution in [3.8, 4) is 0 Å². The first-order valence-electron chi connectivity index (χ1n) is 5.85. The van der Waals surface area contributed by atoms with Gasteiger partial charge in [0, 0.05) is 19.3 Å². The van der Waals surface area contributed by atoms with E-state index in [9.17, 15) is 9.90 Å². The molecule has 2 rings (SSSR count). The lowest BCUT2D eigenvalue weighted by Crippen LogP contribution is -2.34. The number of aromatic nitrogens is 2. The third-order valence-corrected chi connectivity index (χ3v) is 3.57. The predicted molar refractivity (Wildman–Crippen MR) is 64.0 cm³/mol. The Bertz CT molecular complexity index is 436. The molecule has 1 aliphatic rings. The van der Waals surface area contributed by atoms with Crippen LogP contribution in [0.25, 0.3) is 0 Å². The highest BCUT2D eigenvalue weighted by Crippen LogP contribution is 2.35. The Kier molecular flexibility index (Phi) is 3.00. The molecule has 2 heterocycles. The van der Waals surface area contributed by atoms with Crippen LogP contribution in [0.15, 0.2) is 12.3 Å². The summed E-state index contributed by atoms with van der Waals surface area (Å²) in [6, 6.07) is 1.83. The third kappa shape index (κ3) is 2.09. The molecular weight excluding hydrogens is 218 g/mol. The van der Waals surface area contributed by atoms with Crippen molar-refractivity contribution < 1.29 is 9.90 Å². The fraction of sp³-hybridized carbons (Fsp3) is 0.583. The summed E-state index contributed by atoms with van der Waals surface area (Å²) in [6.07, 6.45) is 3.05. The Morgan fingerprint density at radius 2 is 2.41 bits per heavy atom. The minimum absolute atomic E-state index is 0.537. The Morgan fingerprint density at radius 1 is 1.65 bits per heavy atom. The normalized spacial score (nSPS) is 24.0. The molecule has 5 heteroatoms. The highest BCUT2D eigenvalue weighted by Gasteiger charge is 2.43. The quantitative estimate of drug-likeness (QED) is 0.859. The van der Waals surface area contributed by atoms with Gasteiger partial charge < -0.3 is 10.0 Å². The molecule has 0 saturated carbocycles. The lowest BCUT2D eigenvalue weighted by Gasteiger charge is -2.23. The molecular formula is C12H17N3O2. The van der Waals surface area contributed by atoms with Crippen molar-refractivity contribution in [2.75, 3.05) is 18.0 Å². The zero-order chi connectivity index (χ0) is 12.5. The second kappa shape index (κ2) is 4.31. The maximum atomic E-state index is 11.3. The van der Waals surface area contributed by atoms with Gasteiger partial charge in [-0.1, -0.05) is 6.92 Å². The zero-order valence-corrected chi connectivity index (χ0v) is 10.2. The number of hydrogen-bond acceptors (Lipinski definition) is 4. The zero-order valence-electron chi connectivity index (χ0n) is 10.2. The van der Waals surface area contributed by atoms with Crippen LogP contribution >= 0.6 is 0 Å². The fourth-order valence-corrected chi connectivity index (χ4v) is 2.30. The first-order chi connectivity index (χ1) is 8.07. The Hall–Kier alpha value is -1.65. The first kappa shape index (κ1) is 11.8. The number of anilines is 1. The maximum Gasteiger partial charge on any atom is 0.311 e. The number of aryl methyl sites for hydroxylation is 1. The fourth-order valence-electron chi connectivity index (χ4n) is 2.30. The van der Waals surface area contributed by atoms with Gasteiger partial charge in [-0.2, -0.15) is 0 Å². The molecule has 1 aromatic heterocycles. The predicted octanol–water partition coefficient (Wildman–Crippen LogP) is 1.48. The van der Waals surface area contributed by atoms with Gasteiger partial charge in [0.2, 0.25) is 0 Å². The lowest BCUT2D eigenvalue weighted by molar-refractivity contribution is -0.147. The summed E-state index contributed by atoms with van der Waals surface area (Å²) in [5.41, 5.74) is -0.612. The molecule has 1 atom stereocenters. The topological polar surface area (TPSA) is 66.3 Å². The van der Waals surface area contributed by atoms with Crippen LogP contribution < -0.4 is 4.90 Å². The second-order valence-corrected chi connectivity index (χ2v) is 4.57. The van der Waals surface area contributed by atoms with Crippen molar-refractivity contribution in [2.45, 2.75) is 26.7 Å². The van der Waals surface area contributed by atoms with E-state index in [0.717, 1.165) is 12.4 Å². The van der Waals surface area contributed by atoms with Crippen molar-refractivity contribution in [3.63, 3.8) is 0 Å². The number of nitrogens with zero attached hydrogens (tertiary/aromatic N) is 3. The van der Waals surface area contributed by atoms with Crippen molar-refractivity contribution in [3.05, 3.63) is 18.1 Å². The van der Waals surface area contributed by atoms with Crippen molar-refractivity contribution >= 4 is 11.8 Å². The van der Waals surface area contributed by atoms with Gasteiger partial charge in [-0.05, 0) is 25.8 Å². The summed E-state index contributed by atoms with van der Waals surface area (Å²) in [7, 11) is 0. The van der Waals surface area contributed by atoms with Gasteiger partial charge in [-0.25, -0.2) is 9.97 Å². The van der Waals surface area contributed by atoms with E-state index >= 15 is 0 Å². The van der Waals surface area contributed by atoms with E-state index in [1.807, 2.05) is 24.8 Å². The van der Waals surface area contributed by atoms with E-state index in [2.05, 4.69) is 9.97 Å². The highest BCUT2D eigenvalue weighted by molar-refractivity contribution is 5.76. The Balaban J connectivity index is 2.20. The monoisotopic (exact) mass is 235 g/mol. The Labute approximate surface area is 100 Å². The molecule has 1 N–H and O–H groups in total. The van der Waals surface area contributed by atoms with E-state index in [1.165, 1.54) is 0 Å². The van der Waals surface area contributed by atoms with Gasteiger partial charge in [-0.3, -0.25) is 4.79 Å². The summed E-state index contributed by atoms with van der Waals surface area (Å²) in [5, 5.41) is 9.32. The van der Waals surface area contributed by atoms with Crippen molar-refractivity contribution in [1.29, 1.82) is 0 Å². The number of rotatable bonds is 3. The molecule has 1 aliphatic heterocycles. The van der Waals surface area contributed by atoms with Gasteiger partial charge in [0.1, 0.15) is 11.6 Å². The van der Waals surface area contributed by atoms with E-state index in [4.69, 9.17) is 0 Å². The van der Waals surface area contributed by atoms with Gasteiger partial charge >= 0.3 is 5.97 Å². The summed E-state index contributed by atoms with van der Waals surface area (Å²) >= 11 is 0. The number of carboxylic acids is 1. The summed E-state index contributed by atoms with van der Waals surface area (Å²) in [4.78, 5) is 21.8.